The van der Waals surface area contributed by atoms with E-state index in [2.05, 4.69) is 46.8 Å². The Morgan fingerprint density at radius 1 is 1.18 bits per heavy atom. The van der Waals surface area contributed by atoms with Crippen LogP contribution in [-0.2, 0) is 4.79 Å². The van der Waals surface area contributed by atoms with Crippen molar-refractivity contribution in [2.75, 3.05) is 10.6 Å². The molecule has 0 fully saturated rings. The smallest absolute Gasteiger partial charge is 0.237 e. The van der Waals surface area contributed by atoms with Gasteiger partial charge in [0, 0.05) is 11.4 Å². The number of aryl methyl sites for hydroxylation is 1. The van der Waals surface area contributed by atoms with E-state index in [1.165, 1.54) is 34.2 Å². The van der Waals surface area contributed by atoms with Crippen LogP contribution in [0.15, 0.2) is 46.8 Å². The van der Waals surface area contributed by atoms with E-state index < -0.39 is 0 Å². The molecule has 8 heteroatoms. The van der Waals surface area contributed by atoms with E-state index in [0.717, 1.165) is 10.0 Å². The van der Waals surface area contributed by atoms with Crippen molar-refractivity contribution >= 4 is 45.5 Å². The molecule has 0 saturated carbocycles. The normalized spacial score (nSPS) is 11.5. The van der Waals surface area contributed by atoms with Crippen molar-refractivity contribution in [2.24, 2.45) is 0 Å². The van der Waals surface area contributed by atoms with Crippen molar-refractivity contribution in [2.45, 2.75) is 30.4 Å². The molecule has 0 unspecified atom stereocenters. The topological polar surface area (TPSA) is 90.7 Å². The molecule has 2 aromatic carbocycles. The largest absolute Gasteiger partial charge is 0.330 e. The summed E-state index contributed by atoms with van der Waals surface area (Å²) in [6, 6.07) is 14.9. The van der Waals surface area contributed by atoms with E-state index in [-0.39, 0.29) is 11.2 Å². The second-order valence-electron chi connectivity index (χ2n) is 6.18. The van der Waals surface area contributed by atoms with Crippen LogP contribution in [0, 0.1) is 25.2 Å². The first-order valence-corrected chi connectivity index (χ1v) is 10.3. The number of nitrogens with zero attached hydrogens (tertiary/aromatic N) is 3. The van der Waals surface area contributed by atoms with Crippen molar-refractivity contribution in [3.05, 3.63) is 59.2 Å². The highest BCUT2D eigenvalue weighted by Crippen LogP contribution is 2.32. The summed E-state index contributed by atoms with van der Waals surface area (Å²) in [5, 5.41) is 23.7. The number of nitrogens with one attached hydrogen (secondary N) is 2. The summed E-state index contributed by atoms with van der Waals surface area (Å²) in [5.74, 6) is -0.131. The fourth-order valence-corrected chi connectivity index (χ4v) is 4.29. The fourth-order valence-electron chi connectivity index (χ4n) is 2.39. The molecular formula is C20H19N5OS2. The van der Waals surface area contributed by atoms with Crippen LogP contribution in [0.5, 0.6) is 0 Å². The second-order valence-corrected chi connectivity index (χ2v) is 8.75. The lowest BCUT2D eigenvalue weighted by Crippen LogP contribution is -2.22. The van der Waals surface area contributed by atoms with Gasteiger partial charge in [-0.25, -0.2) is 0 Å². The third-order valence-electron chi connectivity index (χ3n) is 4.18. The van der Waals surface area contributed by atoms with Gasteiger partial charge in [0.05, 0.1) is 16.9 Å². The van der Waals surface area contributed by atoms with E-state index >= 15 is 0 Å². The van der Waals surface area contributed by atoms with Gasteiger partial charge in [-0.3, -0.25) is 4.79 Å². The summed E-state index contributed by atoms with van der Waals surface area (Å²) < 4.78 is 0.718. The number of benzene rings is 2. The number of amides is 1. The molecule has 0 aliphatic rings. The highest BCUT2D eigenvalue weighted by molar-refractivity contribution is 8.02. The maximum absolute atomic E-state index is 12.4. The van der Waals surface area contributed by atoms with Gasteiger partial charge < -0.3 is 10.6 Å². The maximum Gasteiger partial charge on any atom is 0.237 e. The van der Waals surface area contributed by atoms with E-state index in [1.807, 2.05) is 19.1 Å². The maximum atomic E-state index is 12.4. The minimum absolute atomic E-state index is 0.131. The number of hydrogen-bond acceptors (Lipinski definition) is 7. The molecule has 2 N–H and O–H groups in total. The molecule has 0 spiro atoms. The molecule has 3 aromatic rings. The van der Waals surface area contributed by atoms with Crippen LogP contribution in [-0.4, -0.2) is 21.4 Å². The fraction of sp³-hybridized carbons (Fsp3) is 0.200. The average molecular weight is 410 g/mol. The third kappa shape index (κ3) is 4.88. The van der Waals surface area contributed by atoms with Crippen LogP contribution in [0.3, 0.4) is 0 Å². The molecule has 1 aromatic heterocycles. The Balaban J connectivity index is 1.59. The third-order valence-corrected chi connectivity index (χ3v) is 6.20. The Kier molecular flexibility index (Phi) is 6.29. The lowest BCUT2D eigenvalue weighted by atomic mass is 10.1. The first kappa shape index (κ1) is 19.9. The quantitative estimate of drug-likeness (QED) is 0.563. The van der Waals surface area contributed by atoms with E-state index in [0.29, 0.717) is 16.4 Å². The predicted octanol–water partition coefficient (Wildman–Crippen LogP) is 4.89. The zero-order chi connectivity index (χ0) is 20.1. The molecule has 0 aliphatic heterocycles. The van der Waals surface area contributed by atoms with E-state index in [9.17, 15) is 4.79 Å². The average Bonchev–Trinajstić information content (AvgIpc) is 3.13. The zero-order valence-corrected chi connectivity index (χ0v) is 17.3. The molecule has 0 saturated heterocycles. The minimum Gasteiger partial charge on any atom is -0.330 e. The summed E-state index contributed by atoms with van der Waals surface area (Å²) in [6.45, 7) is 5.95. The van der Waals surface area contributed by atoms with Crippen LogP contribution in [0.2, 0.25) is 0 Å². The Morgan fingerprint density at radius 3 is 2.64 bits per heavy atom. The zero-order valence-electron chi connectivity index (χ0n) is 15.7. The molecule has 1 atom stereocenters. The van der Waals surface area contributed by atoms with Gasteiger partial charge in [-0.05, 0) is 62.2 Å². The van der Waals surface area contributed by atoms with E-state index in [4.69, 9.17) is 5.26 Å². The second kappa shape index (κ2) is 8.87. The van der Waals surface area contributed by atoms with Gasteiger partial charge in [0.25, 0.3) is 0 Å². The van der Waals surface area contributed by atoms with Crippen molar-refractivity contribution in [3.63, 3.8) is 0 Å². The van der Waals surface area contributed by atoms with Crippen LogP contribution in [0.4, 0.5) is 16.5 Å². The van der Waals surface area contributed by atoms with Gasteiger partial charge >= 0.3 is 0 Å². The van der Waals surface area contributed by atoms with Gasteiger partial charge in [0.1, 0.15) is 0 Å². The molecule has 3 rings (SSSR count). The van der Waals surface area contributed by atoms with Crippen molar-refractivity contribution in [3.8, 4) is 6.07 Å². The summed E-state index contributed by atoms with van der Waals surface area (Å²) in [4.78, 5) is 12.4. The summed E-state index contributed by atoms with van der Waals surface area (Å²) >= 11 is 2.77. The van der Waals surface area contributed by atoms with Crippen LogP contribution in [0.25, 0.3) is 0 Å². The molecule has 1 heterocycles. The lowest BCUT2D eigenvalue weighted by molar-refractivity contribution is -0.115. The van der Waals surface area contributed by atoms with Gasteiger partial charge in [-0.15, -0.1) is 10.2 Å². The number of thioether (sulfide) groups is 1. The van der Waals surface area contributed by atoms with Crippen LogP contribution >= 0.6 is 23.1 Å². The Morgan fingerprint density at radius 2 is 1.93 bits per heavy atom. The monoisotopic (exact) mass is 409 g/mol. The number of aromatic nitrogens is 2. The summed E-state index contributed by atoms with van der Waals surface area (Å²) in [6.07, 6.45) is 0. The first-order valence-electron chi connectivity index (χ1n) is 8.60. The standard InChI is InChI=1S/C20H19N5OS2/c1-12-5-4-6-17(13(12)2)23-19-24-25-20(28-19)27-14(3)18(26)22-16-9-7-15(11-21)8-10-16/h4-10,14H,1-3H3,(H,22,26)(H,23,24)/t14-/m1/s1. The SMILES string of the molecule is Cc1cccc(Nc2nnc(S[C@H](C)C(=O)Nc3ccc(C#N)cc3)s2)c1C. The molecular weight excluding hydrogens is 390 g/mol. The van der Waals surface area contributed by atoms with Gasteiger partial charge in [-0.2, -0.15) is 5.26 Å². The number of carbonyl (C=O) groups is 1. The molecule has 142 valence electrons. The van der Waals surface area contributed by atoms with Gasteiger partial charge in [0.2, 0.25) is 11.0 Å². The molecule has 0 bridgehead atoms. The van der Waals surface area contributed by atoms with E-state index in [1.54, 1.807) is 24.3 Å². The van der Waals surface area contributed by atoms with Crippen LogP contribution in [0.1, 0.15) is 23.6 Å². The predicted molar refractivity (Wildman–Crippen MR) is 114 cm³/mol. The Labute approximate surface area is 172 Å². The molecule has 0 aliphatic carbocycles. The molecule has 6 nitrogen and oxygen atoms in total. The van der Waals surface area contributed by atoms with Crippen LogP contribution < -0.4 is 10.6 Å². The highest BCUT2D eigenvalue weighted by atomic mass is 32.2. The number of hydrogen-bond donors (Lipinski definition) is 2. The highest BCUT2D eigenvalue weighted by Gasteiger charge is 2.17. The number of carbonyl (C=O) groups excluding carboxylic acids is 1. The minimum atomic E-state index is -0.336. The van der Waals surface area contributed by atoms with Gasteiger partial charge in [0.15, 0.2) is 4.34 Å². The summed E-state index contributed by atoms with van der Waals surface area (Å²) in [7, 11) is 0. The Bertz CT molecular complexity index is 1020. The first-order chi connectivity index (χ1) is 13.5. The van der Waals surface area contributed by atoms with Gasteiger partial charge in [-0.1, -0.05) is 35.2 Å². The molecule has 0 radical (unpaired) electrons. The van der Waals surface area contributed by atoms with Crippen molar-refractivity contribution in [1.82, 2.24) is 10.2 Å². The van der Waals surface area contributed by atoms with Crippen molar-refractivity contribution in [1.29, 1.82) is 5.26 Å². The van der Waals surface area contributed by atoms with Crippen molar-refractivity contribution < 1.29 is 4.79 Å². The molecule has 1 amide bonds. The Hall–Kier alpha value is -2.89. The molecule has 28 heavy (non-hydrogen) atoms. The summed E-state index contributed by atoms with van der Waals surface area (Å²) in [5.41, 5.74) is 4.59. The number of anilines is 3. The number of nitriles is 1. The number of rotatable bonds is 6. The lowest BCUT2D eigenvalue weighted by Gasteiger charge is -2.10.